The summed E-state index contributed by atoms with van der Waals surface area (Å²) in [5.41, 5.74) is 8.37. The topological polar surface area (TPSA) is 55.1 Å². The molecule has 1 aromatic carbocycles. The molecule has 0 bridgehead atoms. The van der Waals surface area contributed by atoms with Crippen LogP contribution in [-0.2, 0) is 4.79 Å². The van der Waals surface area contributed by atoms with Gasteiger partial charge in [-0.05, 0) is 31.4 Å². The smallest absolute Gasteiger partial charge is 0.227 e. The first-order valence-electron chi connectivity index (χ1n) is 6.84. The second kappa shape index (κ2) is 5.89. The molecule has 0 aromatic heterocycles. The van der Waals surface area contributed by atoms with E-state index in [0.717, 1.165) is 24.1 Å². The van der Waals surface area contributed by atoms with Crippen molar-refractivity contribution in [1.82, 2.24) is 0 Å². The van der Waals surface area contributed by atoms with E-state index in [1.165, 1.54) is 25.7 Å². The van der Waals surface area contributed by atoms with Crippen LogP contribution in [-0.4, -0.2) is 5.91 Å². The normalized spacial score (nSPS) is 17.2. The van der Waals surface area contributed by atoms with Gasteiger partial charge in [-0.2, -0.15) is 0 Å². The molecule has 0 heterocycles. The van der Waals surface area contributed by atoms with Crippen LogP contribution in [0, 0.1) is 12.8 Å². The molecule has 3 nitrogen and oxygen atoms in total. The van der Waals surface area contributed by atoms with Gasteiger partial charge in [0.15, 0.2) is 0 Å². The maximum atomic E-state index is 12.3. The lowest BCUT2D eigenvalue weighted by Crippen LogP contribution is -2.23. The molecule has 3 heteroatoms. The monoisotopic (exact) mass is 246 g/mol. The van der Waals surface area contributed by atoms with E-state index in [1.807, 2.05) is 25.1 Å². The summed E-state index contributed by atoms with van der Waals surface area (Å²) in [4.78, 5) is 12.3. The Morgan fingerprint density at radius 2 is 1.89 bits per heavy atom. The molecule has 1 fully saturated rings. The van der Waals surface area contributed by atoms with Crippen LogP contribution < -0.4 is 11.1 Å². The number of anilines is 2. The Labute approximate surface area is 109 Å². The molecule has 18 heavy (non-hydrogen) atoms. The number of nitrogens with one attached hydrogen (secondary N) is 1. The Hall–Kier alpha value is -1.51. The predicted molar refractivity (Wildman–Crippen MR) is 75.4 cm³/mol. The van der Waals surface area contributed by atoms with Crippen LogP contribution in [0.4, 0.5) is 11.4 Å². The van der Waals surface area contributed by atoms with E-state index < -0.39 is 0 Å². The second-order valence-corrected chi connectivity index (χ2v) is 5.22. The quantitative estimate of drug-likeness (QED) is 0.620. The molecule has 3 N–H and O–H groups in total. The molecule has 1 amide bonds. The number of para-hydroxylation sites is 1. The second-order valence-electron chi connectivity index (χ2n) is 5.22. The van der Waals surface area contributed by atoms with Crippen molar-refractivity contribution in [2.24, 2.45) is 5.92 Å². The summed E-state index contributed by atoms with van der Waals surface area (Å²) in [5, 5.41) is 3.01. The van der Waals surface area contributed by atoms with Gasteiger partial charge in [0.25, 0.3) is 0 Å². The number of amides is 1. The summed E-state index contributed by atoms with van der Waals surface area (Å²) >= 11 is 0. The zero-order chi connectivity index (χ0) is 13.0. The number of nitrogens with two attached hydrogens (primary N) is 1. The molecule has 0 atom stereocenters. The molecular formula is C15H22N2O. The molecule has 1 aliphatic rings. The van der Waals surface area contributed by atoms with E-state index >= 15 is 0 Å². The number of hydrogen-bond donors (Lipinski definition) is 2. The fraction of sp³-hybridized carbons (Fsp3) is 0.533. The first kappa shape index (κ1) is 12.9. The van der Waals surface area contributed by atoms with Crippen LogP contribution in [0.15, 0.2) is 18.2 Å². The van der Waals surface area contributed by atoms with Crippen LogP contribution >= 0.6 is 0 Å². The largest absolute Gasteiger partial charge is 0.397 e. The fourth-order valence-electron chi connectivity index (χ4n) is 2.63. The number of carbonyl (C=O) groups is 1. The Kier molecular flexibility index (Phi) is 4.24. The molecule has 0 radical (unpaired) electrons. The minimum atomic E-state index is 0.137. The fourth-order valence-corrected chi connectivity index (χ4v) is 2.63. The van der Waals surface area contributed by atoms with Crippen LogP contribution in [0.2, 0.25) is 0 Å². The average Bonchev–Trinajstić information content (AvgIpc) is 2.62. The molecule has 0 saturated heterocycles. The highest BCUT2D eigenvalue weighted by atomic mass is 16.1. The van der Waals surface area contributed by atoms with Gasteiger partial charge in [-0.3, -0.25) is 4.79 Å². The standard InChI is InChI=1S/C15H22N2O/c1-11-7-6-10-13(16)14(11)17-15(18)12-8-4-2-3-5-9-12/h6-7,10,12H,2-5,8-9,16H2,1H3,(H,17,18). The Bertz CT molecular complexity index is 400. The van der Waals surface area contributed by atoms with Crippen LogP contribution in [0.1, 0.15) is 44.1 Å². The highest BCUT2D eigenvalue weighted by Crippen LogP contribution is 2.27. The molecule has 1 aromatic rings. The summed E-state index contributed by atoms with van der Waals surface area (Å²) in [6.07, 6.45) is 6.88. The molecular weight excluding hydrogens is 224 g/mol. The lowest BCUT2D eigenvalue weighted by molar-refractivity contribution is -0.120. The Morgan fingerprint density at radius 1 is 1.22 bits per heavy atom. The third kappa shape index (κ3) is 3.03. The number of carbonyl (C=O) groups excluding carboxylic acids is 1. The highest BCUT2D eigenvalue weighted by molar-refractivity contribution is 5.96. The van der Waals surface area contributed by atoms with Gasteiger partial charge in [-0.25, -0.2) is 0 Å². The highest BCUT2D eigenvalue weighted by Gasteiger charge is 2.20. The number of hydrogen-bond acceptors (Lipinski definition) is 2. The van der Waals surface area contributed by atoms with Crippen molar-refractivity contribution in [2.45, 2.75) is 45.4 Å². The van der Waals surface area contributed by atoms with Crippen molar-refractivity contribution < 1.29 is 4.79 Å². The summed E-state index contributed by atoms with van der Waals surface area (Å²) < 4.78 is 0. The van der Waals surface area contributed by atoms with Crippen LogP contribution in [0.25, 0.3) is 0 Å². The maximum Gasteiger partial charge on any atom is 0.227 e. The van der Waals surface area contributed by atoms with Crippen molar-refractivity contribution in [3.63, 3.8) is 0 Å². The molecule has 0 aliphatic heterocycles. The van der Waals surface area contributed by atoms with E-state index in [0.29, 0.717) is 5.69 Å². The number of benzene rings is 1. The Balaban J connectivity index is 2.06. The predicted octanol–water partition coefficient (Wildman–Crippen LogP) is 3.49. The zero-order valence-corrected chi connectivity index (χ0v) is 11.0. The minimum absolute atomic E-state index is 0.137. The third-order valence-electron chi connectivity index (χ3n) is 3.78. The van der Waals surface area contributed by atoms with Gasteiger partial charge in [0.2, 0.25) is 5.91 Å². The summed E-state index contributed by atoms with van der Waals surface area (Å²) in [5.74, 6) is 0.296. The average molecular weight is 246 g/mol. The lowest BCUT2D eigenvalue weighted by Gasteiger charge is -2.16. The van der Waals surface area contributed by atoms with Crippen molar-refractivity contribution >= 4 is 17.3 Å². The van der Waals surface area contributed by atoms with Gasteiger partial charge in [-0.1, -0.05) is 37.8 Å². The van der Waals surface area contributed by atoms with Crippen LogP contribution in [0.3, 0.4) is 0 Å². The molecule has 1 aliphatic carbocycles. The van der Waals surface area contributed by atoms with Crippen molar-refractivity contribution in [3.8, 4) is 0 Å². The Morgan fingerprint density at radius 3 is 2.50 bits per heavy atom. The van der Waals surface area contributed by atoms with Gasteiger partial charge in [0.05, 0.1) is 11.4 Å². The van der Waals surface area contributed by atoms with Crippen molar-refractivity contribution in [3.05, 3.63) is 23.8 Å². The zero-order valence-electron chi connectivity index (χ0n) is 11.0. The summed E-state index contributed by atoms with van der Waals surface area (Å²) in [6.45, 7) is 1.97. The van der Waals surface area contributed by atoms with Gasteiger partial charge in [0, 0.05) is 5.92 Å². The number of nitrogen functional groups attached to an aromatic ring is 1. The third-order valence-corrected chi connectivity index (χ3v) is 3.78. The number of rotatable bonds is 2. The van der Waals surface area contributed by atoms with Crippen molar-refractivity contribution in [1.29, 1.82) is 0 Å². The van der Waals surface area contributed by atoms with E-state index in [2.05, 4.69) is 5.32 Å². The summed E-state index contributed by atoms with van der Waals surface area (Å²) in [7, 11) is 0. The van der Waals surface area contributed by atoms with Gasteiger partial charge in [-0.15, -0.1) is 0 Å². The first-order chi connectivity index (χ1) is 8.68. The van der Waals surface area contributed by atoms with E-state index in [-0.39, 0.29) is 11.8 Å². The van der Waals surface area contributed by atoms with Crippen molar-refractivity contribution in [2.75, 3.05) is 11.1 Å². The molecule has 0 spiro atoms. The molecule has 2 rings (SSSR count). The van der Waals surface area contributed by atoms with Gasteiger partial charge < -0.3 is 11.1 Å². The summed E-state index contributed by atoms with van der Waals surface area (Å²) in [6, 6.07) is 5.71. The SMILES string of the molecule is Cc1cccc(N)c1NC(=O)C1CCCCCC1. The molecule has 1 saturated carbocycles. The van der Waals surface area contributed by atoms with Gasteiger partial charge in [0.1, 0.15) is 0 Å². The first-order valence-corrected chi connectivity index (χ1v) is 6.84. The number of aryl methyl sites for hydroxylation is 1. The van der Waals surface area contributed by atoms with Crippen LogP contribution in [0.5, 0.6) is 0 Å². The van der Waals surface area contributed by atoms with E-state index in [1.54, 1.807) is 0 Å². The maximum absolute atomic E-state index is 12.3. The van der Waals surface area contributed by atoms with Gasteiger partial charge >= 0.3 is 0 Å². The van der Waals surface area contributed by atoms with E-state index in [9.17, 15) is 4.79 Å². The van der Waals surface area contributed by atoms with E-state index in [4.69, 9.17) is 5.73 Å². The molecule has 98 valence electrons. The molecule has 0 unspecified atom stereocenters. The minimum Gasteiger partial charge on any atom is -0.397 e. The lowest BCUT2D eigenvalue weighted by atomic mass is 9.99.